The Kier molecular flexibility index (Phi) is 5.75. The molecule has 0 unspecified atom stereocenters. The van der Waals surface area contributed by atoms with Crippen LogP contribution in [0.15, 0.2) is 47.4 Å². The average Bonchev–Trinajstić information content (AvgIpc) is 3.13. The van der Waals surface area contributed by atoms with Gasteiger partial charge in [0.05, 0.1) is 27.3 Å². The van der Waals surface area contributed by atoms with Crippen LogP contribution in [0.4, 0.5) is 0 Å². The van der Waals surface area contributed by atoms with Gasteiger partial charge in [-0.25, -0.2) is 4.79 Å². The molecule has 0 aliphatic carbocycles. The number of carbonyl (C=O) groups is 2. The van der Waals surface area contributed by atoms with Crippen LogP contribution < -0.4 is 14.8 Å². The quantitative estimate of drug-likeness (QED) is 0.762. The van der Waals surface area contributed by atoms with E-state index in [4.69, 9.17) is 14.2 Å². The molecule has 1 aliphatic rings. The summed E-state index contributed by atoms with van der Waals surface area (Å²) in [7, 11) is -1.33. The van der Waals surface area contributed by atoms with Crippen molar-refractivity contribution in [1.29, 1.82) is 0 Å². The number of carbonyl (C=O) groups excluding carboxylic acids is 2. The summed E-state index contributed by atoms with van der Waals surface area (Å²) in [6.07, 6.45) is 1.48. The number of fused-ring (bicyclic) bond motifs is 1. The van der Waals surface area contributed by atoms with E-state index in [1.165, 1.54) is 12.3 Å². The van der Waals surface area contributed by atoms with Crippen molar-refractivity contribution < 1.29 is 28.0 Å². The van der Waals surface area contributed by atoms with Crippen LogP contribution in [0.3, 0.4) is 0 Å². The van der Waals surface area contributed by atoms with Gasteiger partial charge in [-0.15, -0.1) is 0 Å². The molecule has 7 nitrogen and oxygen atoms in total. The Hall–Kier alpha value is -2.87. The fraction of sp³-hybridized carbons (Fsp3) is 0.263. The van der Waals surface area contributed by atoms with Crippen molar-refractivity contribution >= 4 is 22.7 Å². The van der Waals surface area contributed by atoms with Crippen molar-refractivity contribution in [3.05, 3.63) is 53.6 Å². The van der Waals surface area contributed by atoms with Crippen LogP contribution in [-0.2, 0) is 20.3 Å². The third kappa shape index (κ3) is 4.46. The average molecular weight is 389 g/mol. The number of ether oxygens (including phenoxy) is 3. The Balaban J connectivity index is 1.57. The topological polar surface area (TPSA) is 90.9 Å². The fourth-order valence-electron chi connectivity index (χ4n) is 2.64. The standard InChI is InChI=1S/C19H19NO6S/c1-12(13-7-8-15-16(9-13)26-11-25-15)20-18(21)10-24-19(22)14-5-3-4-6-17(14)27(2)23/h3-9,12H,10-11H2,1-2H3,(H,20,21)/t12-,27+/m0/s1. The lowest BCUT2D eigenvalue weighted by molar-refractivity contribution is -0.124. The minimum atomic E-state index is -1.33. The Labute approximate surface area is 159 Å². The first kappa shape index (κ1) is 18.9. The predicted octanol–water partition coefficient (Wildman–Crippen LogP) is 2.19. The molecule has 142 valence electrons. The van der Waals surface area contributed by atoms with E-state index in [0.29, 0.717) is 16.4 Å². The van der Waals surface area contributed by atoms with Crippen LogP contribution in [0, 0.1) is 0 Å². The third-order valence-corrected chi connectivity index (χ3v) is 5.00. The highest BCUT2D eigenvalue weighted by Crippen LogP contribution is 2.34. The van der Waals surface area contributed by atoms with Crippen LogP contribution in [0.1, 0.15) is 28.9 Å². The molecule has 3 rings (SSSR count). The summed E-state index contributed by atoms with van der Waals surface area (Å²) in [5.41, 5.74) is 1.03. The molecule has 8 heteroatoms. The molecule has 2 aromatic rings. The van der Waals surface area contributed by atoms with E-state index in [1.807, 2.05) is 13.0 Å². The first-order valence-corrected chi connectivity index (χ1v) is 9.80. The summed E-state index contributed by atoms with van der Waals surface area (Å²) < 4.78 is 27.3. The lowest BCUT2D eigenvalue weighted by Crippen LogP contribution is -2.31. The number of esters is 1. The molecule has 0 aromatic heterocycles. The van der Waals surface area contributed by atoms with Crippen LogP contribution >= 0.6 is 0 Å². The molecule has 0 saturated carbocycles. The third-order valence-electron chi connectivity index (χ3n) is 4.03. The van der Waals surface area contributed by atoms with Crippen molar-refractivity contribution in [2.75, 3.05) is 19.7 Å². The molecule has 2 atom stereocenters. The monoisotopic (exact) mass is 389 g/mol. The van der Waals surface area contributed by atoms with Crippen molar-refractivity contribution in [3.63, 3.8) is 0 Å². The lowest BCUT2D eigenvalue weighted by Gasteiger charge is -2.15. The number of rotatable bonds is 6. The first-order valence-electron chi connectivity index (χ1n) is 8.24. The second-order valence-corrected chi connectivity index (χ2v) is 7.28. The predicted molar refractivity (Wildman–Crippen MR) is 98.2 cm³/mol. The minimum Gasteiger partial charge on any atom is -0.454 e. The summed E-state index contributed by atoms with van der Waals surface area (Å²) in [5.74, 6) is 0.165. The summed E-state index contributed by atoms with van der Waals surface area (Å²) in [6.45, 7) is 1.56. The maximum atomic E-state index is 12.2. The van der Waals surface area contributed by atoms with E-state index in [0.717, 1.165) is 5.56 Å². The van der Waals surface area contributed by atoms with E-state index in [9.17, 15) is 13.8 Å². The molecule has 2 aromatic carbocycles. The summed E-state index contributed by atoms with van der Waals surface area (Å²) in [5, 5.41) is 2.76. The van der Waals surface area contributed by atoms with E-state index in [1.54, 1.807) is 30.3 Å². The molecule has 27 heavy (non-hydrogen) atoms. The zero-order chi connectivity index (χ0) is 19.4. The molecule has 0 saturated heterocycles. The van der Waals surface area contributed by atoms with Gasteiger partial charge in [0, 0.05) is 6.26 Å². The number of hydrogen-bond donors (Lipinski definition) is 1. The minimum absolute atomic E-state index is 0.180. The maximum Gasteiger partial charge on any atom is 0.339 e. The zero-order valence-electron chi connectivity index (χ0n) is 14.9. The number of nitrogens with one attached hydrogen (secondary N) is 1. The van der Waals surface area contributed by atoms with Crippen molar-refractivity contribution in [3.8, 4) is 11.5 Å². The Morgan fingerprint density at radius 3 is 2.70 bits per heavy atom. The highest BCUT2D eigenvalue weighted by molar-refractivity contribution is 7.84. The lowest BCUT2D eigenvalue weighted by atomic mass is 10.1. The maximum absolute atomic E-state index is 12.2. The molecule has 1 aliphatic heterocycles. The fourth-order valence-corrected chi connectivity index (χ4v) is 3.38. The van der Waals surface area contributed by atoms with E-state index in [-0.39, 0.29) is 18.4 Å². The highest BCUT2D eigenvalue weighted by atomic mass is 32.2. The molecular weight excluding hydrogens is 370 g/mol. The van der Waals surface area contributed by atoms with Gasteiger partial charge in [-0.2, -0.15) is 0 Å². The summed E-state index contributed by atoms with van der Waals surface area (Å²) in [4.78, 5) is 24.7. The molecule has 0 spiro atoms. The summed E-state index contributed by atoms with van der Waals surface area (Å²) in [6, 6.07) is 11.6. The Morgan fingerprint density at radius 2 is 1.93 bits per heavy atom. The highest BCUT2D eigenvalue weighted by Gasteiger charge is 2.19. The number of amides is 1. The molecule has 1 amide bonds. The molecular formula is C19H19NO6S. The summed E-state index contributed by atoms with van der Waals surface area (Å²) >= 11 is 0. The van der Waals surface area contributed by atoms with Gasteiger partial charge in [0.2, 0.25) is 6.79 Å². The van der Waals surface area contributed by atoms with Crippen molar-refractivity contribution in [1.82, 2.24) is 5.32 Å². The molecule has 0 fully saturated rings. The first-order chi connectivity index (χ1) is 13.0. The van der Waals surface area contributed by atoms with Crippen LogP contribution in [0.5, 0.6) is 11.5 Å². The number of benzene rings is 2. The van der Waals surface area contributed by atoms with Crippen LogP contribution in [0.25, 0.3) is 0 Å². The normalized spacial score (nSPS) is 14.3. The van der Waals surface area contributed by atoms with Gasteiger partial charge in [0.15, 0.2) is 18.1 Å². The van der Waals surface area contributed by atoms with Gasteiger partial charge < -0.3 is 19.5 Å². The molecule has 0 radical (unpaired) electrons. The second-order valence-electron chi connectivity index (χ2n) is 5.93. The van der Waals surface area contributed by atoms with Crippen molar-refractivity contribution in [2.24, 2.45) is 0 Å². The van der Waals surface area contributed by atoms with Crippen LogP contribution in [0.2, 0.25) is 0 Å². The van der Waals surface area contributed by atoms with Gasteiger partial charge in [-0.05, 0) is 36.8 Å². The Bertz CT molecular complexity index is 898. The van der Waals surface area contributed by atoms with E-state index >= 15 is 0 Å². The van der Waals surface area contributed by atoms with Gasteiger partial charge in [0.1, 0.15) is 0 Å². The smallest absolute Gasteiger partial charge is 0.339 e. The number of hydrogen-bond acceptors (Lipinski definition) is 6. The SMILES string of the molecule is C[C@H](NC(=O)COC(=O)c1ccccc1[S@@](C)=O)c1ccc2c(c1)OCO2. The van der Waals surface area contributed by atoms with E-state index in [2.05, 4.69) is 5.32 Å². The molecule has 0 bridgehead atoms. The zero-order valence-corrected chi connectivity index (χ0v) is 15.7. The molecule has 1 N–H and O–H groups in total. The van der Waals surface area contributed by atoms with Gasteiger partial charge in [0.25, 0.3) is 5.91 Å². The van der Waals surface area contributed by atoms with Gasteiger partial charge in [-0.3, -0.25) is 9.00 Å². The second kappa shape index (κ2) is 8.22. The van der Waals surface area contributed by atoms with Gasteiger partial charge in [-0.1, -0.05) is 18.2 Å². The molecule has 1 heterocycles. The largest absolute Gasteiger partial charge is 0.454 e. The van der Waals surface area contributed by atoms with Gasteiger partial charge >= 0.3 is 5.97 Å². The van der Waals surface area contributed by atoms with E-state index < -0.39 is 29.3 Å². The van der Waals surface area contributed by atoms with Crippen LogP contribution in [-0.4, -0.2) is 35.7 Å². The van der Waals surface area contributed by atoms with Crippen molar-refractivity contribution in [2.45, 2.75) is 17.9 Å². The Morgan fingerprint density at radius 1 is 1.19 bits per heavy atom.